The van der Waals surface area contributed by atoms with Crippen molar-refractivity contribution in [1.82, 2.24) is 14.3 Å². The van der Waals surface area contributed by atoms with E-state index in [4.69, 9.17) is 5.41 Å². The fraction of sp³-hybridized carbons (Fsp3) is 0.522. The molecule has 2 saturated heterocycles. The Morgan fingerprint density at radius 2 is 1.91 bits per heavy atom. The smallest absolute Gasteiger partial charge is 0.390 e. The number of alkyl halides is 3. The number of nitrogens with one attached hydrogen (secondary N) is 3. The highest BCUT2D eigenvalue weighted by Gasteiger charge is 2.35. The number of rotatable bonds is 9. The van der Waals surface area contributed by atoms with Crippen LogP contribution in [0.4, 0.5) is 36.4 Å². The van der Waals surface area contributed by atoms with Gasteiger partial charge in [0.2, 0.25) is 5.95 Å². The lowest BCUT2D eigenvalue weighted by Gasteiger charge is -2.43. The first-order valence-corrected chi connectivity index (χ1v) is 12.5. The zero-order valence-corrected chi connectivity index (χ0v) is 20.7. The molecule has 12 heteroatoms. The van der Waals surface area contributed by atoms with E-state index in [0.717, 1.165) is 31.4 Å². The molecule has 2 fully saturated rings. The lowest BCUT2D eigenvalue weighted by Crippen LogP contribution is -2.51. The average molecular weight is 510 g/mol. The van der Waals surface area contributed by atoms with Crippen molar-refractivity contribution in [3.63, 3.8) is 0 Å². The molecule has 1 aromatic heterocycles. The lowest BCUT2D eigenvalue weighted by molar-refractivity contribution is -0.137. The van der Waals surface area contributed by atoms with Crippen LogP contribution in [0.15, 0.2) is 24.3 Å². The van der Waals surface area contributed by atoms with E-state index in [2.05, 4.69) is 24.9 Å². The Morgan fingerprint density at radius 3 is 2.51 bits per heavy atom. The molecule has 0 spiro atoms. The van der Waals surface area contributed by atoms with Gasteiger partial charge < -0.3 is 26.0 Å². The number of halogens is 3. The molecule has 0 radical (unpaired) electrons. The summed E-state index contributed by atoms with van der Waals surface area (Å²) in [6, 6.07) is 5.05. The van der Waals surface area contributed by atoms with E-state index in [1.54, 1.807) is 25.8 Å². The highest BCUT2D eigenvalue weighted by atomic mass is 32.2. The Kier molecular flexibility index (Phi) is 7.16. The zero-order chi connectivity index (χ0) is 25.4. The van der Waals surface area contributed by atoms with Crippen molar-refractivity contribution < 1.29 is 18.3 Å². The molecule has 3 heterocycles. The monoisotopic (exact) mass is 509 g/mol. The van der Waals surface area contributed by atoms with Gasteiger partial charge >= 0.3 is 6.18 Å². The first kappa shape index (κ1) is 25.5. The summed E-state index contributed by atoms with van der Waals surface area (Å²) in [7, 11) is 0. The van der Waals surface area contributed by atoms with Gasteiger partial charge in [-0.2, -0.15) is 23.1 Å². The topological polar surface area (TPSA) is 100 Å². The van der Waals surface area contributed by atoms with Gasteiger partial charge in [0.1, 0.15) is 11.6 Å². The number of aromatic nitrogens is 2. The van der Waals surface area contributed by atoms with Gasteiger partial charge in [0.05, 0.1) is 22.8 Å². The molecule has 8 nitrogen and oxygen atoms in total. The number of aliphatic hydroxyl groups is 1. The number of hydrogen-bond donors (Lipinski definition) is 4. The molecule has 0 unspecified atom stereocenters. The van der Waals surface area contributed by atoms with Gasteiger partial charge in [-0.05, 0) is 50.6 Å². The van der Waals surface area contributed by atoms with E-state index >= 15 is 0 Å². The van der Waals surface area contributed by atoms with Gasteiger partial charge in [-0.1, -0.05) is 18.0 Å². The molecule has 2 aromatic rings. The van der Waals surface area contributed by atoms with Crippen molar-refractivity contribution in [1.29, 1.82) is 5.41 Å². The normalized spacial score (nSPS) is 17.6. The maximum Gasteiger partial charge on any atom is 0.416 e. The number of anilines is 4. The van der Waals surface area contributed by atoms with Crippen LogP contribution in [0.3, 0.4) is 0 Å². The van der Waals surface area contributed by atoms with Crippen molar-refractivity contribution in [2.24, 2.45) is 5.92 Å². The molecule has 0 aliphatic carbocycles. The van der Waals surface area contributed by atoms with E-state index in [1.165, 1.54) is 12.1 Å². The summed E-state index contributed by atoms with van der Waals surface area (Å²) in [5, 5.41) is 24.4. The Bertz CT molecular complexity index is 1060. The van der Waals surface area contributed by atoms with E-state index < -0.39 is 17.3 Å². The predicted molar refractivity (Wildman–Crippen MR) is 134 cm³/mol. The van der Waals surface area contributed by atoms with Crippen LogP contribution < -0.4 is 15.5 Å². The molecule has 4 rings (SSSR count). The molecular formula is C23H30F3N7OS. The van der Waals surface area contributed by atoms with Crippen molar-refractivity contribution in [3.05, 3.63) is 35.4 Å². The van der Waals surface area contributed by atoms with Crippen molar-refractivity contribution in [2.75, 3.05) is 48.0 Å². The highest BCUT2D eigenvalue weighted by molar-refractivity contribution is 7.96. The molecule has 2 aliphatic heterocycles. The maximum absolute atomic E-state index is 13.2. The second-order valence-electron chi connectivity index (χ2n) is 9.64. The van der Waals surface area contributed by atoms with Crippen LogP contribution in [0, 0.1) is 11.3 Å². The summed E-state index contributed by atoms with van der Waals surface area (Å²) < 4.78 is 41.8. The number of nitrogens with zero attached hydrogens (tertiary/aromatic N) is 4. The lowest BCUT2D eigenvalue weighted by atomic mass is 9.87. The summed E-state index contributed by atoms with van der Waals surface area (Å²) in [5.41, 5.74) is -0.924. The molecule has 190 valence electrons. The molecule has 0 atom stereocenters. The van der Waals surface area contributed by atoms with Crippen LogP contribution in [-0.2, 0) is 6.18 Å². The summed E-state index contributed by atoms with van der Waals surface area (Å²) in [4.78, 5) is 11.2. The van der Waals surface area contributed by atoms with E-state index in [-0.39, 0.29) is 23.5 Å². The second kappa shape index (κ2) is 9.82. The molecule has 1 aromatic carbocycles. The fourth-order valence-electron chi connectivity index (χ4n) is 4.34. The third-order valence-electron chi connectivity index (χ3n) is 6.01. The number of hydrogen-bond acceptors (Lipinski definition) is 9. The Morgan fingerprint density at radius 1 is 1.20 bits per heavy atom. The van der Waals surface area contributed by atoms with Crippen LogP contribution in [0.5, 0.6) is 0 Å². The third-order valence-corrected chi connectivity index (χ3v) is 6.82. The molecule has 0 saturated carbocycles. The largest absolute Gasteiger partial charge is 0.416 e. The Hall–Kier alpha value is -2.57. The first-order chi connectivity index (χ1) is 16.4. The third kappa shape index (κ3) is 6.17. The van der Waals surface area contributed by atoms with Gasteiger partial charge in [0.15, 0.2) is 0 Å². The molecule has 4 N–H and O–H groups in total. The van der Waals surface area contributed by atoms with Gasteiger partial charge in [0.25, 0.3) is 0 Å². The van der Waals surface area contributed by atoms with Crippen LogP contribution in [0.25, 0.3) is 0 Å². The molecule has 0 amide bonds. The van der Waals surface area contributed by atoms with Crippen molar-refractivity contribution in [3.8, 4) is 0 Å². The maximum atomic E-state index is 13.2. The van der Waals surface area contributed by atoms with Crippen molar-refractivity contribution in [2.45, 2.75) is 38.1 Å². The summed E-state index contributed by atoms with van der Waals surface area (Å²) >= 11 is 1.66. The van der Waals surface area contributed by atoms with Crippen molar-refractivity contribution >= 4 is 41.4 Å². The summed E-state index contributed by atoms with van der Waals surface area (Å²) in [5.74, 6) is 1.44. The summed E-state index contributed by atoms with van der Waals surface area (Å²) in [6.45, 7) is 6.51. The standard InChI is InChI=1S/C23H30F3N7OS/c1-22(2,34)8-14-10-32(11-14)20-18(9-27)19(28-16-6-4-5-15(7-16)23(24,25)26)30-21(31-20)29-17-12-33(13-17)35-3/h4-7,9,14,17,27,34H,8,10-13H2,1-3H3,(H2,28,29,30,31). The van der Waals surface area contributed by atoms with E-state index in [1.807, 2.05) is 11.2 Å². The SMILES string of the molecule is CSN1CC(Nc2nc(Nc3cccc(C(F)(F)F)c3)c(C=N)c(N3CC(CC(C)(C)O)C3)n2)C1. The predicted octanol–water partition coefficient (Wildman–Crippen LogP) is 4.21. The van der Waals surface area contributed by atoms with Crippen LogP contribution in [0.1, 0.15) is 31.4 Å². The van der Waals surface area contributed by atoms with Crippen LogP contribution in [-0.4, -0.2) is 69.7 Å². The minimum atomic E-state index is -4.47. The van der Waals surface area contributed by atoms with E-state index in [0.29, 0.717) is 36.8 Å². The van der Waals surface area contributed by atoms with Gasteiger partial charge in [-0.25, -0.2) is 4.31 Å². The second-order valence-corrected chi connectivity index (χ2v) is 10.5. The highest BCUT2D eigenvalue weighted by Crippen LogP contribution is 2.36. The minimum absolute atomic E-state index is 0.155. The zero-order valence-electron chi connectivity index (χ0n) is 19.9. The number of benzene rings is 1. The van der Waals surface area contributed by atoms with Gasteiger partial charge in [-0.3, -0.25) is 0 Å². The van der Waals surface area contributed by atoms with E-state index in [9.17, 15) is 18.3 Å². The molecule has 35 heavy (non-hydrogen) atoms. The van der Waals surface area contributed by atoms with Crippen LogP contribution in [0.2, 0.25) is 0 Å². The average Bonchev–Trinajstić information content (AvgIpc) is 2.71. The molecule has 2 aliphatic rings. The van der Waals surface area contributed by atoms with Gasteiger partial charge in [0, 0.05) is 38.1 Å². The molecule has 0 bridgehead atoms. The Balaban J connectivity index is 1.62. The first-order valence-electron chi connectivity index (χ1n) is 11.3. The Labute approximate surface area is 207 Å². The van der Waals surface area contributed by atoms with Gasteiger partial charge in [-0.15, -0.1) is 0 Å². The van der Waals surface area contributed by atoms with Crippen LogP contribution >= 0.6 is 11.9 Å². The summed E-state index contributed by atoms with van der Waals surface area (Å²) in [6.07, 6.45) is -0.695. The molecular weight excluding hydrogens is 479 g/mol. The quantitative estimate of drug-likeness (QED) is 0.295. The fourth-order valence-corrected chi connectivity index (χ4v) is 5.00. The minimum Gasteiger partial charge on any atom is -0.390 e.